The number of phenolic OH excluding ortho intramolecular Hbond substituents is 1. The van der Waals surface area contributed by atoms with Crippen molar-refractivity contribution in [3.05, 3.63) is 48.0 Å². The molecule has 3 rings (SSSR count). The molecule has 2 aromatic rings. The van der Waals surface area contributed by atoms with Gasteiger partial charge in [0.15, 0.2) is 17.5 Å². The molecule has 1 heterocycles. The van der Waals surface area contributed by atoms with Gasteiger partial charge in [0, 0.05) is 25.7 Å². The molecule has 1 saturated heterocycles. The van der Waals surface area contributed by atoms with Crippen molar-refractivity contribution in [2.45, 2.75) is 39.3 Å². The molecule has 1 aliphatic heterocycles. The van der Waals surface area contributed by atoms with Crippen LogP contribution in [0.25, 0.3) is 0 Å². The van der Waals surface area contributed by atoms with Crippen molar-refractivity contribution in [1.29, 1.82) is 0 Å². The smallest absolute Gasteiger partial charge is 0.191 e. The Morgan fingerprint density at radius 3 is 2.81 bits per heavy atom. The van der Waals surface area contributed by atoms with Gasteiger partial charge in [-0.2, -0.15) is 0 Å². The molecular formula is C24H34N4O3. The minimum atomic E-state index is 0.151. The maximum absolute atomic E-state index is 9.90. The van der Waals surface area contributed by atoms with Gasteiger partial charge in [-0.1, -0.05) is 18.2 Å². The second-order valence-corrected chi connectivity index (χ2v) is 7.53. The van der Waals surface area contributed by atoms with Crippen LogP contribution in [0.1, 0.15) is 32.3 Å². The van der Waals surface area contributed by atoms with E-state index in [1.807, 2.05) is 31.2 Å². The van der Waals surface area contributed by atoms with E-state index in [2.05, 4.69) is 34.6 Å². The molecule has 0 radical (unpaired) electrons. The highest BCUT2D eigenvalue weighted by molar-refractivity contribution is 5.80. The largest absolute Gasteiger partial charge is 0.504 e. The van der Waals surface area contributed by atoms with Crippen molar-refractivity contribution in [3.8, 4) is 17.2 Å². The summed E-state index contributed by atoms with van der Waals surface area (Å²) in [5, 5.41) is 16.8. The molecule has 3 N–H and O–H groups in total. The van der Waals surface area contributed by atoms with Gasteiger partial charge >= 0.3 is 0 Å². The maximum atomic E-state index is 9.90. The van der Waals surface area contributed by atoms with Gasteiger partial charge in [-0.3, -0.25) is 0 Å². The van der Waals surface area contributed by atoms with Gasteiger partial charge in [0.05, 0.1) is 25.9 Å². The fraction of sp³-hybridized carbons (Fsp3) is 0.458. The van der Waals surface area contributed by atoms with Crippen molar-refractivity contribution >= 4 is 11.6 Å². The SMILES string of the molecule is CCNC(=NCc1ccc(O)c(OCC)c1)NC1CCCN(c2ccccc2OC)C1. The van der Waals surface area contributed by atoms with Crippen LogP contribution in [0.5, 0.6) is 17.2 Å². The fourth-order valence-corrected chi connectivity index (χ4v) is 3.82. The molecule has 0 bridgehead atoms. The van der Waals surface area contributed by atoms with Crippen molar-refractivity contribution in [3.63, 3.8) is 0 Å². The number of aliphatic imine (C=N–C) groups is 1. The lowest BCUT2D eigenvalue weighted by molar-refractivity contribution is 0.318. The van der Waals surface area contributed by atoms with Crippen LogP contribution in [-0.4, -0.2) is 50.5 Å². The summed E-state index contributed by atoms with van der Waals surface area (Å²) in [6.07, 6.45) is 2.19. The summed E-state index contributed by atoms with van der Waals surface area (Å²) in [7, 11) is 1.72. The number of anilines is 1. The number of hydrogen-bond acceptors (Lipinski definition) is 5. The van der Waals surface area contributed by atoms with E-state index in [1.54, 1.807) is 13.2 Å². The molecule has 0 spiro atoms. The van der Waals surface area contributed by atoms with Crippen LogP contribution in [-0.2, 0) is 6.54 Å². The zero-order valence-corrected chi connectivity index (χ0v) is 18.7. The second kappa shape index (κ2) is 11.3. The second-order valence-electron chi connectivity index (χ2n) is 7.53. The fourth-order valence-electron chi connectivity index (χ4n) is 3.82. The average molecular weight is 427 g/mol. The van der Waals surface area contributed by atoms with E-state index in [-0.39, 0.29) is 11.8 Å². The predicted octanol–water partition coefficient (Wildman–Crippen LogP) is 3.52. The first kappa shape index (κ1) is 22.6. The molecule has 1 atom stereocenters. The number of nitrogens with zero attached hydrogens (tertiary/aromatic N) is 2. The van der Waals surface area contributed by atoms with Gasteiger partial charge in [-0.15, -0.1) is 0 Å². The van der Waals surface area contributed by atoms with Crippen LogP contribution in [0.4, 0.5) is 5.69 Å². The molecule has 168 valence electrons. The van der Waals surface area contributed by atoms with Crippen molar-refractivity contribution in [1.82, 2.24) is 10.6 Å². The van der Waals surface area contributed by atoms with Gasteiger partial charge in [-0.25, -0.2) is 4.99 Å². The van der Waals surface area contributed by atoms with Gasteiger partial charge < -0.3 is 30.1 Å². The van der Waals surface area contributed by atoms with E-state index in [1.165, 1.54) is 0 Å². The first-order valence-corrected chi connectivity index (χ1v) is 11.0. The quantitative estimate of drug-likeness (QED) is 0.443. The summed E-state index contributed by atoms with van der Waals surface area (Å²) in [6, 6.07) is 13.8. The molecule has 1 unspecified atom stereocenters. The number of methoxy groups -OCH3 is 1. The minimum absolute atomic E-state index is 0.151. The maximum Gasteiger partial charge on any atom is 0.191 e. The number of rotatable bonds is 8. The lowest BCUT2D eigenvalue weighted by atomic mass is 10.0. The Balaban J connectivity index is 1.67. The lowest BCUT2D eigenvalue weighted by Gasteiger charge is -2.36. The van der Waals surface area contributed by atoms with Gasteiger partial charge in [0.1, 0.15) is 5.75 Å². The Morgan fingerprint density at radius 2 is 2.03 bits per heavy atom. The molecule has 0 amide bonds. The van der Waals surface area contributed by atoms with Crippen LogP contribution in [0.3, 0.4) is 0 Å². The number of ether oxygens (including phenoxy) is 2. The lowest BCUT2D eigenvalue weighted by Crippen LogP contribution is -2.51. The molecule has 0 saturated carbocycles. The molecule has 0 aliphatic carbocycles. The summed E-state index contributed by atoms with van der Waals surface area (Å²) in [5.74, 6) is 2.34. The molecule has 7 nitrogen and oxygen atoms in total. The van der Waals surface area contributed by atoms with Crippen LogP contribution >= 0.6 is 0 Å². The van der Waals surface area contributed by atoms with Crippen molar-refractivity contribution in [2.75, 3.05) is 38.3 Å². The highest BCUT2D eigenvalue weighted by Crippen LogP contribution is 2.30. The van der Waals surface area contributed by atoms with Crippen molar-refractivity contribution in [2.24, 2.45) is 4.99 Å². The standard InChI is InChI=1S/C24H34N4O3/c1-4-25-24(26-16-18-12-13-21(29)23(15-18)31-5-2)27-19-9-8-14-28(17-19)20-10-6-7-11-22(20)30-3/h6-7,10-13,15,19,29H,4-5,8-9,14,16-17H2,1-3H3,(H2,25,26,27). The molecule has 2 aromatic carbocycles. The van der Waals surface area contributed by atoms with E-state index < -0.39 is 0 Å². The molecule has 31 heavy (non-hydrogen) atoms. The third kappa shape index (κ3) is 6.20. The third-order valence-electron chi connectivity index (χ3n) is 5.28. The van der Waals surface area contributed by atoms with Crippen LogP contribution in [0.2, 0.25) is 0 Å². The summed E-state index contributed by atoms with van der Waals surface area (Å²) in [6.45, 7) is 7.66. The number of guanidine groups is 1. The number of phenols is 1. The number of aromatic hydroxyl groups is 1. The van der Waals surface area contributed by atoms with E-state index in [9.17, 15) is 5.11 Å². The highest BCUT2D eigenvalue weighted by atomic mass is 16.5. The zero-order valence-electron chi connectivity index (χ0n) is 18.7. The van der Waals surface area contributed by atoms with Crippen LogP contribution in [0.15, 0.2) is 47.5 Å². The molecule has 1 aliphatic rings. The molecular weight excluding hydrogens is 392 g/mol. The summed E-state index contributed by atoms with van der Waals surface area (Å²) < 4.78 is 11.0. The van der Waals surface area contributed by atoms with Gasteiger partial charge in [0.2, 0.25) is 0 Å². The molecule has 1 fully saturated rings. The number of nitrogens with one attached hydrogen (secondary N) is 2. The number of benzene rings is 2. The summed E-state index contributed by atoms with van der Waals surface area (Å²) in [5.41, 5.74) is 2.11. The Bertz CT molecular complexity index is 872. The minimum Gasteiger partial charge on any atom is -0.504 e. The number of piperidine rings is 1. The van der Waals surface area contributed by atoms with Gasteiger partial charge in [0.25, 0.3) is 0 Å². The van der Waals surface area contributed by atoms with E-state index in [0.29, 0.717) is 18.9 Å². The number of para-hydroxylation sites is 2. The third-order valence-corrected chi connectivity index (χ3v) is 5.28. The van der Waals surface area contributed by atoms with E-state index >= 15 is 0 Å². The average Bonchev–Trinajstić information content (AvgIpc) is 2.80. The Hall–Kier alpha value is -3.09. The zero-order chi connectivity index (χ0) is 22.1. The Morgan fingerprint density at radius 1 is 1.19 bits per heavy atom. The summed E-state index contributed by atoms with van der Waals surface area (Å²) >= 11 is 0. The Labute approximate surface area is 185 Å². The topological polar surface area (TPSA) is 78.4 Å². The first-order valence-electron chi connectivity index (χ1n) is 11.0. The van der Waals surface area contributed by atoms with Crippen molar-refractivity contribution < 1.29 is 14.6 Å². The van der Waals surface area contributed by atoms with Gasteiger partial charge in [-0.05, 0) is 56.5 Å². The van der Waals surface area contributed by atoms with Crippen LogP contribution < -0.4 is 25.0 Å². The predicted molar refractivity (Wildman–Crippen MR) is 125 cm³/mol. The highest BCUT2D eigenvalue weighted by Gasteiger charge is 2.22. The normalized spacial score (nSPS) is 16.7. The molecule has 7 heteroatoms. The monoisotopic (exact) mass is 426 g/mol. The molecule has 0 aromatic heterocycles. The van der Waals surface area contributed by atoms with Crippen LogP contribution in [0, 0.1) is 0 Å². The first-order chi connectivity index (χ1) is 15.1. The Kier molecular flexibility index (Phi) is 8.27. The van der Waals surface area contributed by atoms with E-state index in [0.717, 1.165) is 55.4 Å². The van der Waals surface area contributed by atoms with E-state index in [4.69, 9.17) is 14.5 Å². The number of hydrogen-bond donors (Lipinski definition) is 3. The summed E-state index contributed by atoms with van der Waals surface area (Å²) in [4.78, 5) is 7.13.